The number of para-hydroxylation sites is 1. The van der Waals surface area contributed by atoms with E-state index in [4.69, 9.17) is 9.72 Å². The number of fused-ring (bicyclic) bond motifs is 1. The summed E-state index contributed by atoms with van der Waals surface area (Å²) in [5, 5.41) is 10.9. The van der Waals surface area contributed by atoms with Crippen LogP contribution < -0.4 is 0 Å². The molecule has 158 valence electrons. The summed E-state index contributed by atoms with van der Waals surface area (Å²) in [7, 11) is 0. The summed E-state index contributed by atoms with van der Waals surface area (Å²) in [6.45, 7) is 1.77. The molecule has 0 bridgehead atoms. The molecule has 5 heteroatoms. The van der Waals surface area contributed by atoms with Crippen molar-refractivity contribution in [2.45, 2.75) is 50.7 Å². The predicted octanol–water partition coefficient (Wildman–Crippen LogP) is 5.31. The van der Waals surface area contributed by atoms with E-state index >= 15 is 0 Å². The van der Waals surface area contributed by atoms with E-state index in [1.807, 2.05) is 48.6 Å². The van der Waals surface area contributed by atoms with Crippen molar-refractivity contribution >= 4 is 22.9 Å². The lowest BCUT2D eigenvalue weighted by Crippen LogP contribution is -2.31. The minimum absolute atomic E-state index is 0.0370. The summed E-state index contributed by atoms with van der Waals surface area (Å²) in [6.07, 6.45) is 5.25. The monoisotopic (exact) mass is 417 g/mol. The number of benzene rings is 2. The maximum atomic E-state index is 14.0. The maximum Gasteiger partial charge on any atom is 0.309 e. The molecule has 3 aromatic rings. The molecular weight excluding hydrogens is 393 g/mol. The fourth-order valence-corrected chi connectivity index (χ4v) is 4.32. The fraction of sp³-hybridized carbons (Fsp3) is 0.308. The van der Waals surface area contributed by atoms with Gasteiger partial charge in [0.25, 0.3) is 0 Å². The Morgan fingerprint density at radius 2 is 2.00 bits per heavy atom. The number of aliphatic hydroxyl groups excluding tert-OH is 1. The molecule has 1 aliphatic carbocycles. The Bertz CT molecular complexity index is 1200. The van der Waals surface area contributed by atoms with Crippen LogP contribution >= 0.6 is 0 Å². The summed E-state index contributed by atoms with van der Waals surface area (Å²) >= 11 is 0. The minimum atomic E-state index is -0.687. The lowest BCUT2D eigenvalue weighted by molar-refractivity contribution is -0.156. The number of nitrogens with zero attached hydrogens (tertiary/aromatic N) is 1. The van der Waals surface area contributed by atoms with Gasteiger partial charge < -0.3 is 9.84 Å². The summed E-state index contributed by atoms with van der Waals surface area (Å²) in [5.74, 6) is -0.226. The zero-order valence-corrected chi connectivity index (χ0v) is 17.3. The van der Waals surface area contributed by atoms with Crippen LogP contribution in [0, 0.1) is 12.7 Å². The Morgan fingerprint density at radius 3 is 2.74 bits per heavy atom. The van der Waals surface area contributed by atoms with Crippen LogP contribution in [-0.2, 0) is 9.53 Å². The summed E-state index contributed by atoms with van der Waals surface area (Å²) < 4.78 is 19.4. The highest BCUT2D eigenvalue weighted by molar-refractivity contribution is 5.99. The van der Waals surface area contributed by atoms with Crippen LogP contribution in [-0.4, -0.2) is 28.3 Å². The third-order valence-electron chi connectivity index (χ3n) is 6.04. The van der Waals surface area contributed by atoms with Gasteiger partial charge in [-0.15, -0.1) is 0 Å². The second-order valence-electron chi connectivity index (χ2n) is 8.52. The molecule has 2 unspecified atom stereocenters. The summed E-state index contributed by atoms with van der Waals surface area (Å²) in [4.78, 5) is 16.7. The number of hydrogen-bond acceptors (Lipinski definition) is 4. The zero-order valence-electron chi connectivity index (χ0n) is 17.3. The van der Waals surface area contributed by atoms with Gasteiger partial charge in [-0.3, -0.25) is 9.78 Å². The molecule has 1 aliphatic heterocycles. The van der Waals surface area contributed by atoms with Crippen LogP contribution in [0.2, 0.25) is 0 Å². The van der Waals surface area contributed by atoms with Crippen molar-refractivity contribution in [2.75, 3.05) is 0 Å². The molecule has 2 fully saturated rings. The average Bonchev–Trinajstić information content (AvgIpc) is 3.58. The Labute approximate surface area is 180 Å². The minimum Gasteiger partial charge on any atom is -0.458 e. The first-order chi connectivity index (χ1) is 15.0. The molecular formula is C26H24FNO3. The number of carbonyl (C=O) groups is 1. The third-order valence-corrected chi connectivity index (χ3v) is 6.04. The molecule has 2 atom stereocenters. The van der Waals surface area contributed by atoms with Crippen LogP contribution in [0.3, 0.4) is 0 Å². The topological polar surface area (TPSA) is 59.4 Å². The van der Waals surface area contributed by atoms with Crippen molar-refractivity contribution in [3.63, 3.8) is 0 Å². The highest BCUT2D eigenvalue weighted by Crippen LogP contribution is 2.45. The van der Waals surface area contributed by atoms with E-state index in [1.165, 1.54) is 6.07 Å². The van der Waals surface area contributed by atoms with Gasteiger partial charge in [0, 0.05) is 28.9 Å². The SMILES string of the molecule is Cc1cc(-c2c(/C=C/C3CC(O)CC(=O)O3)c(C3CC3)nc3ccccc23)ccc1F. The van der Waals surface area contributed by atoms with Gasteiger partial charge in [0.1, 0.15) is 11.9 Å². The molecule has 1 N–H and O–H groups in total. The molecule has 31 heavy (non-hydrogen) atoms. The molecule has 1 saturated heterocycles. The average molecular weight is 417 g/mol. The molecule has 1 aromatic heterocycles. The number of cyclic esters (lactones) is 1. The van der Waals surface area contributed by atoms with E-state index in [0.717, 1.165) is 46.1 Å². The molecule has 1 saturated carbocycles. The molecule has 4 nitrogen and oxygen atoms in total. The number of halogens is 1. The highest BCUT2D eigenvalue weighted by Gasteiger charge is 2.30. The van der Waals surface area contributed by atoms with Crippen LogP contribution in [0.1, 0.15) is 48.4 Å². The van der Waals surface area contributed by atoms with Gasteiger partial charge in [0.05, 0.1) is 23.7 Å². The third kappa shape index (κ3) is 3.98. The van der Waals surface area contributed by atoms with Crippen molar-refractivity contribution in [1.29, 1.82) is 0 Å². The molecule has 2 aliphatic rings. The first-order valence-electron chi connectivity index (χ1n) is 10.7. The quantitative estimate of drug-likeness (QED) is 0.585. The van der Waals surface area contributed by atoms with Crippen molar-refractivity contribution in [2.24, 2.45) is 0 Å². The Balaban J connectivity index is 1.70. The lowest BCUT2D eigenvalue weighted by Gasteiger charge is -2.23. The summed E-state index contributed by atoms with van der Waals surface area (Å²) in [6, 6.07) is 13.2. The van der Waals surface area contributed by atoms with Crippen molar-refractivity contribution in [1.82, 2.24) is 4.98 Å². The predicted molar refractivity (Wildman–Crippen MR) is 118 cm³/mol. The number of aromatic nitrogens is 1. The standard InChI is InChI=1S/C26H24FNO3/c1-15-12-17(8-11-22(15)27)25-20-4-2-3-5-23(20)28-26(16-6-7-16)21(25)10-9-19-13-18(29)14-24(30)31-19/h2-5,8-12,16,18-19,29H,6-7,13-14H2,1H3/b10-9+. The second kappa shape index (κ2) is 7.89. The fourth-order valence-electron chi connectivity index (χ4n) is 4.32. The van der Waals surface area contributed by atoms with Gasteiger partial charge in [-0.1, -0.05) is 30.3 Å². The first-order valence-corrected chi connectivity index (χ1v) is 10.7. The van der Waals surface area contributed by atoms with Crippen molar-refractivity contribution in [3.05, 3.63) is 71.2 Å². The van der Waals surface area contributed by atoms with Gasteiger partial charge in [-0.25, -0.2) is 4.39 Å². The number of ether oxygens (including phenoxy) is 1. The molecule has 5 rings (SSSR count). The van der Waals surface area contributed by atoms with E-state index < -0.39 is 12.2 Å². The number of pyridine rings is 1. The second-order valence-corrected chi connectivity index (χ2v) is 8.52. The van der Waals surface area contributed by atoms with Crippen LogP contribution in [0.15, 0.2) is 48.5 Å². The normalized spacial score (nSPS) is 21.6. The number of hydrogen-bond donors (Lipinski definition) is 1. The number of esters is 1. The molecule has 2 aromatic carbocycles. The first kappa shape index (κ1) is 19.9. The van der Waals surface area contributed by atoms with Gasteiger partial charge in [-0.2, -0.15) is 0 Å². The molecule has 0 amide bonds. The van der Waals surface area contributed by atoms with Crippen molar-refractivity contribution in [3.8, 4) is 11.1 Å². The molecule has 2 heterocycles. The van der Waals surface area contributed by atoms with E-state index in [1.54, 1.807) is 6.92 Å². The number of carbonyl (C=O) groups excluding carboxylic acids is 1. The van der Waals surface area contributed by atoms with Crippen LogP contribution in [0.25, 0.3) is 28.1 Å². The lowest BCUT2D eigenvalue weighted by atomic mass is 9.91. The van der Waals surface area contributed by atoms with Gasteiger partial charge >= 0.3 is 5.97 Å². The van der Waals surface area contributed by atoms with E-state index in [2.05, 4.69) is 0 Å². The smallest absolute Gasteiger partial charge is 0.309 e. The number of aliphatic hydroxyl groups is 1. The molecule has 0 radical (unpaired) electrons. The Morgan fingerprint density at radius 1 is 1.19 bits per heavy atom. The number of aryl methyl sites for hydroxylation is 1. The Kier molecular flexibility index (Phi) is 5.06. The van der Waals surface area contributed by atoms with Crippen LogP contribution in [0.5, 0.6) is 0 Å². The zero-order chi connectivity index (χ0) is 21.5. The number of rotatable bonds is 4. The molecule has 0 spiro atoms. The van der Waals surface area contributed by atoms with Gasteiger partial charge in [-0.05, 0) is 55.2 Å². The van der Waals surface area contributed by atoms with Gasteiger partial charge in [0.2, 0.25) is 0 Å². The van der Waals surface area contributed by atoms with Crippen molar-refractivity contribution < 1.29 is 19.0 Å². The van der Waals surface area contributed by atoms with Gasteiger partial charge in [0.15, 0.2) is 0 Å². The summed E-state index contributed by atoms with van der Waals surface area (Å²) in [5.41, 5.74) is 5.44. The van der Waals surface area contributed by atoms with E-state index in [0.29, 0.717) is 17.9 Å². The maximum absolute atomic E-state index is 14.0. The largest absolute Gasteiger partial charge is 0.458 e. The van der Waals surface area contributed by atoms with E-state index in [-0.39, 0.29) is 18.2 Å². The van der Waals surface area contributed by atoms with Crippen LogP contribution in [0.4, 0.5) is 4.39 Å². The Hall–Kier alpha value is -3.05. The highest BCUT2D eigenvalue weighted by atomic mass is 19.1. The van der Waals surface area contributed by atoms with E-state index in [9.17, 15) is 14.3 Å².